The van der Waals surface area contributed by atoms with E-state index in [1.165, 1.54) is 0 Å². The molecule has 6 heteroatoms. The van der Waals surface area contributed by atoms with Crippen LogP contribution in [0.2, 0.25) is 0 Å². The number of aliphatic hydroxyl groups is 2. The Hall–Kier alpha value is -0.690. The van der Waals surface area contributed by atoms with E-state index in [2.05, 4.69) is 6.92 Å². The van der Waals surface area contributed by atoms with Crippen molar-refractivity contribution < 1.29 is 29.2 Å². The Morgan fingerprint density at radius 3 is 1.85 bits per heavy atom. The van der Waals surface area contributed by atoms with Crippen LogP contribution in [-0.4, -0.2) is 62.4 Å². The number of rotatable bonds is 12. The normalized spacial score (nSPS) is 9.80. The first kappa shape index (κ1) is 21.6. The molecule has 20 heavy (non-hydrogen) atoms. The average molecular weight is 294 g/mol. The van der Waals surface area contributed by atoms with E-state index in [0.29, 0.717) is 39.5 Å². The number of unbranched alkanes of at least 4 members (excludes halogenated alkanes) is 2. The zero-order valence-corrected chi connectivity index (χ0v) is 12.8. The molecule has 0 fully saturated rings. The summed E-state index contributed by atoms with van der Waals surface area (Å²) in [4.78, 5) is 10.7. The van der Waals surface area contributed by atoms with Gasteiger partial charge in [-0.15, -0.1) is 0 Å². The minimum absolute atomic E-state index is 0.0417. The molecule has 0 radical (unpaired) electrons. The van der Waals surface area contributed by atoms with Crippen molar-refractivity contribution in [2.24, 2.45) is 0 Å². The Balaban J connectivity index is 0. The summed E-state index contributed by atoms with van der Waals surface area (Å²) in [7, 11) is 0. The van der Waals surface area contributed by atoms with Crippen LogP contribution in [0, 0.1) is 0 Å². The van der Waals surface area contributed by atoms with Crippen molar-refractivity contribution >= 4 is 5.97 Å². The molecule has 0 aromatic heterocycles. The molecule has 2 N–H and O–H groups in total. The van der Waals surface area contributed by atoms with Crippen LogP contribution in [-0.2, 0) is 19.0 Å². The number of ether oxygens (including phenoxy) is 3. The molecule has 0 atom stereocenters. The van der Waals surface area contributed by atoms with Gasteiger partial charge in [-0.1, -0.05) is 19.8 Å². The molecule has 0 aromatic carbocycles. The lowest BCUT2D eigenvalue weighted by atomic mass is 10.2. The van der Waals surface area contributed by atoms with Crippen LogP contribution in [0.5, 0.6) is 0 Å². The largest absolute Gasteiger partial charge is 0.466 e. The Morgan fingerprint density at radius 2 is 1.45 bits per heavy atom. The fourth-order valence-electron chi connectivity index (χ4n) is 1.20. The van der Waals surface area contributed by atoms with E-state index in [4.69, 9.17) is 24.4 Å². The second-order valence-electron chi connectivity index (χ2n) is 3.93. The number of esters is 1. The van der Waals surface area contributed by atoms with Crippen LogP contribution < -0.4 is 0 Å². The summed E-state index contributed by atoms with van der Waals surface area (Å²) in [5, 5.41) is 16.5. The zero-order valence-electron chi connectivity index (χ0n) is 12.8. The predicted octanol–water partition coefficient (Wildman–Crippen LogP) is 1.13. The number of hydrogen-bond acceptors (Lipinski definition) is 6. The first-order valence-corrected chi connectivity index (χ1v) is 7.25. The summed E-state index contributed by atoms with van der Waals surface area (Å²) in [6.45, 7) is 6.18. The Kier molecular flexibility index (Phi) is 22.3. The van der Waals surface area contributed by atoms with Crippen molar-refractivity contribution in [2.75, 3.05) is 46.2 Å². The molecule has 0 bridgehead atoms. The predicted molar refractivity (Wildman–Crippen MR) is 76.6 cm³/mol. The van der Waals surface area contributed by atoms with Crippen molar-refractivity contribution in [1.29, 1.82) is 0 Å². The third-order valence-corrected chi connectivity index (χ3v) is 2.13. The van der Waals surface area contributed by atoms with Crippen molar-refractivity contribution in [3.63, 3.8) is 0 Å². The molecule has 0 saturated carbocycles. The lowest BCUT2D eigenvalue weighted by Gasteiger charge is -2.01. The molecule has 0 heterocycles. The molecule has 0 unspecified atom stereocenters. The Morgan fingerprint density at radius 1 is 0.900 bits per heavy atom. The fraction of sp³-hybridized carbons (Fsp3) is 0.929. The molecule has 0 aliphatic carbocycles. The van der Waals surface area contributed by atoms with Crippen LogP contribution in [0.25, 0.3) is 0 Å². The van der Waals surface area contributed by atoms with Gasteiger partial charge in [-0.2, -0.15) is 0 Å². The second-order valence-corrected chi connectivity index (χ2v) is 3.93. The van der Waals surface area contributed by atoms with Crippen LogP contribution in [0.1, 0.15) is 39.5 Å². The topological polar surface area (TPSA) is 85.2 Å². The Labute approximate surface area is 122 Å². The average Bonchev–Trinajstić information content (AvgIpc) is 2.44. The number of carbonyl (C=O) groups is 1. The maximum absolute atomic E-state index is 10.7. The first-order chi connectivity index (χ1) is 9.72. The van der Waals surface area contributed by atoms with Crippen LogP contribution >= 0.6 is 0 Å². The van der Waals surface area contributed by atoms with Gasteiger partial charge >= 0.3 is 5.97 Å². The molecule has 6 nitrogen and oxygen atoms in total. The molecule has 0 spiro atoms. The third-order valence-electron chi connectivity index (χ3n) is 2.13. The highest BCUT2D eigenvalue weighted by atomic mass is 16.5. The van der Waals surface area contributed by atoms with Gasteiger partial charge in [0.1, 0.15) is 0 Å². The zero-order chi connectivity index (χ0) is 15.5. The summed E-state index contributed by atoms with van der Waals surface area (Å²) >= 11 is 0. The summed E-state index contributed by atoms with van der Waals surface area (Å²) < 4.78 is 14.5. The number of aliphatic hydroxyl groups excluding tert-OH is 2. The smallest absolute Gasteiger partial charge is 0.305 e. The van der Waals surface area contributed by atoms with E-state index >= 15 is 0 Å². The summed E-state index contributed by atoms with van der Waals surface area (Å²) in [6, 6.07) is 0. The monoisotopic (exact) mass is 294 g/mol. The Bertz CT molecular complexity index is 179. The van der Waals surface area contributed by atoms with Gasteiger partial charge < -0.3 is 24.4 Å². The molecule has 0 amide bonds. The van der Waals surface area contributed by atoms with Crippen LogP contribution in [0.4, 0.5) is 0 Å². The van der Waals surface area contributed by atoms with E-state index in [1.807, 2.05) is 6.92 Å². The van der Waals surface area contributed by atoms with Gasteiger partial charge in [-0.3, -0.25) is 4.79 Å². The third kappa shape index (κ3) is 22.5. The van der Waals surface area contributed by atoms with E-state index in [0.717, 1.165) is 19.3 Å². The molecule has 0 aromatic rings. The number of carbonyl (C=O) groups excluding carboxylic acids is 1. The van der Waals surface area contributed by atoms with Crippen LogP contribution in [0.15, 0.2) is 0 Å². The SMILES string of the molecule is CCCCCC(=O)OCC.OCCOCCOCCO. The van der Waals surface area contributed by atoms with Gasteiger partial charge in [-0.05, 0) is 13.3 Å². The van der Waals surface area contributed by atoms with E-state index < -0.39 is 0 Å². The van der Waals surface area contributed by atoms with E-state index in [-0.39, 0.29) is 19.2 Å². The van der Waals surface area contributed by atoms with Crippen molar-refractivity contribution in [3.8, 4) is 0 Å². The molecule has 122 valence electrons. The van der Waals surface area contributed by atoms with Crippen LogP contribution in [0.3, 0.4) is 0 Å². The molecular weight excluding hydrogens is 264 g/mol. The lowest BCUT2D eigenvalue weighted by molar-refractivity contribution is -0.143. The molecule has 0 aliphatic rings. The quantitative estimate of drug-likeness (QED) is 0.415. The summed E-state index contributed by atoms with van der Waals surface area (Å²) in [5.41, 5.74) is 0. The van der Waals surface area contributed by atoms with Gasteiger partial charge in [0.05, 0.1) is 46.2 Å². The fourth-order valence-corrected chi connectivity index (χ4v) is 1.20. The maximum Gasteiger partial charge on any atom is 0.305 e. The van der Waals surface area contributed by atoms with E-state index in [1.54, 1.807) is 0 Å². The van der Waals surface area contributed by atoms with E-state index in [9.17, 15) is 4.79 Å². The van der Waals surface area contributed by atoms with Gasteiger partial charge in [0, 0.05) is 6.42 Å². The van der Waals surface area contributed by atoms with Gasteiger partial charge in [0.2, 0.25) is 0 Å². The minimum atomic E-state index is -0.0593. The number of hydrogen-bond donors (Lipinski definition) is 2. The maximum atomic E-state index is 10.7. The highest BCUT2D eigenvalue weighted by Gasteiger charge is 1.98. The summed E-state index contributed by atoms with van der Waals surface area (Å²) in [6.07, 6.45) is 3.83. The summed E-state index contributed by atoms with van der Waals surface area (Å²) in [5.74, 6) is -0.0593. The molecule has 0 saturated heterocycles. The van der Waals surface area contributed by atoms with Crippen molar-refractivity contribution in [2.45, 2.75) is 39.5 Å². The molecular formula is C14H30O6. The van der Waals surface area contributed by atoms with Crippen molar-refractivity contribution in [3.05, 3.63) is 0 Å². The van der Waals surface area contributed by atoms with Gasteiger partial charge in [0.15, 0.2) is 0 Å². The van der Waals surface area contributed by atoms with Gasteiger partial charge in [-0.25, -0.2) is 0 Å². The molecule has 0 rings (SSSR count). The highest BCUT2D eigenvalue weighted by molar-refractivity contribution is 5.69. The first-order valence-electron chi connectivity index (χ1n) is 7.25. The second kappa shape index (κ2) is 20.6. The highest BCUT2D eigenvalue weighted by Crippen LogP contribution is 1.99. The van der Waals surface area contributed by atoms with Crippen molar-refractivity contribution in [1.82, 2.24) is 0 Å². The molecule has 0 aliphatic heterocycles. The van der Waals surface area contributed by atoms with Gasteiger partial charge in [0.25, 0.3) is 0 Å². The lowest BCUT2D eigenvalue weighted by Crippen LogP contribution is -2.09. The minimum Gasteiger partial charge on any atom is -0.466 e. The standard InChI is InChI=1S/C8H16O2.C6H14O4/c1-3-5-6-7-8(9)10-4-2;7-1-3-9-5-6-10-4-2-8/h3-7H2,1-2H3;7-8H,1-6H2.